The molecule has 2 aromatic rings. The van der Waals surface area contributed by atoms with E-state index in [2.05, 4.69) is 35.5 Å². The highest BCUT2D eigenvalue weighted by Gasteiger charge is 2.15. The van der Waals surface area contributed by atoms with Crippen molar-refractivity contribution >= 4 is 0 Å². The lowest BCUT2D eigenvalue weighted by Crippen LogP contribution is -2.25. The van der Waals surface area contributed by atoms with Crippen molar-refractivity contribution in [1.82, 2.24) is 15.1 Å². The molecule has 4 heteroatoms. The summed E-state index contributed by atoms with van der Waals surface area (Å²) in [4.78, 5) is 0. The molecule has 0 spiro atoms. The number of benzene rings is 1. The summed E-state index contributed by atoms with van der Waals surface area (Å²) in [6.45, 7) is 4.86. The molecule has 20 heavy (non-hydrogen) atoms. The molecule has 1 aromatic heterocycles. The summed E-state index contributed by atoms with van der Waals surface area (Å²) < 4.78 is 7.52. The Balaban J connectivity index is 1.61. The van der Waals surface area contributed by atoms with Gasteiger partial charge >= 0.3 is 0 Å². The Morgan fingerprint density at radius 2 is 2.40 bits per heavy atom. The first-order valence-corrected chi connectivity index (χ1v) is 7.33. The van der Waals surface area contributed by atoms with E-state index >= 15 is 0 Å². The highest BCUT2D eigenvalue weighted by Crippen LogP contribution is 2.28. The molecule has 0 aliphatic carbocycles. The van der Waals surface area contributed by atoms with Crippen molar-refractivity contribution in [2.75, 3.05) is 13.2 Å². The topological polar surface area (TPSA) is 39.1 Å². The predicted octanol–water partition coefficient (Wildman–Crippen LogP) is 2.56. The van der Waals surface area contributed by atoms with Crippen LogP contribution in [0.25, 0.3) is 0 Å². The summed E-state index contributed by atoms with van der Waals surface area (Å²) >= 11 is 0. The van der Waals surface area contributed by atoms with Crippen LogP contribution in [0.4, 0.5) is 0 Å². The Hall–Kier alpha value is -1.81. The average Bonchev–Trinajstić information content (AvgIpc) is 3.13. The molecule has 3 rings (SSSR count). The van der Waals surface area contributed by atoms with Crippen molar-refractivity contribution < 1.29 is 4.74 Å². The van der Waals surface area contributed by atoms with E-state index in [4.69, 9.17) is 4.74 Å². The van der Waals surface area contributed by atoms with Crippen LogP contribution in [0.3, 0.4) is 0 Å². The van der Waals surface area contributed by atoms with Crippen LogP contribution in [0, 0.1) is 0 Å². The van der Waals surface area contributed by atoms with Gasteiger partial charge in [0.15, 0.2) is 0 Å². The van der Waals surface area contributed by atoms with Crippen LogP contribution in [0.5, 0.6) is 5.75 Å². The molecule has 0 fully saturated rings. The molecule has 0 amide bonds. The molecule has 1 aliphatic heterocycles. The van der Waals surface area contributed by atoms with Gasteiger partial charge in [0.25, 0.3) is 0 Å². The third-order valence-corrected chi connectivity index (χ3v) is 3.81. The van der Waals surface area contributed by atoms with E-state index in [0.29, 0.717) is 6.04 Å². The first-order valence-electron chi connectivity index (χ1n) is 7.33. The third-order valence-electron chi connectivity index (χ3n) is 3.81. The van der Waals surface area contributed by atoms with Gasteiger partial charge in [-0.2, -0.15) is 5.10 Å². The normalized spacial score (nSPS) is 14.8. The van der Waals surface area contributed by atoms with Gasteiger partial charge in [0.05, 0.1) is 13.2 Å². The van der Waals surface area contributed by atoms with E-state index in [-0.39, 0.29) is 0 Å². The first-order chi connectivity index (χ1) is 9.86. The Kier molecular flexibility index (Phi) is 4.02. The van der Waals surface area contributed by atoms with E-state index < -0.39 is 0 Å². The molecular formula is C16H21N3O. The molecule has 4 nitrogen and oxygen atoms in total. The average molecular weight is 271 g/mol. The number of hydrogen-bond acceptors (Lipinski definition) is 3. The molecule has 1 unspecified atom stereocenters. The maximum absolute atomic E-state index is 5.56. The number of hydrogen-bond donors (Lipinski definition) is 1. The van der Waals surface area contributed by atoms with Crippen LogP contribution in [0.1, 0.15) is 30.5 Å². The number of nitrogens with zero attached hydrogens (tertiary/aromatic N) is 2. The summed E-state index contributed by atoms with van der Waals surface area (Å²) in [5, 5.41) is 7.83. The first kappa shape index (κ1) is 13.2. The van der Waals surface area contributed by atoms with Gasteiger partial charge in [-0.1, -0.05) is 19.1 Å². The number of aromatic nitrogens is 2. The summed E-state index contributed by atoms with van der Waals surface area (Å²) in [5.41, 5.74) is 2.70. The van der Waals surface area contributed by atoms with Crippen LogP contribution in [-0.2, 0) is 13.0 Å². The maximum Gasteiger partial charge on any atom is 0.122 e. The molecule has 0 radical (unpaired) electrons. The Labute approximate surface area is 119 Å². The second kappa shape index (κ2) is 6.09. The van der Waals surface area contributed by atoms with Gasteiger partial charge in [0.1, 0.15) is 5.75 Å². The van der Waals surface area contributed by atoms with Crippen molar-refractivity contribution in [2.24, 2.45) is 0 Å². The van der Waals surface area contributed by atoms with Crippen molar-refractivity contribution in [3.05, 3.63) is 47.8 Å². The minimum absolute atomic E-state index is 0.400. The fourth-order valence-corrected chi connectivity index (χ4v) is 2.71. The standard InChI is InChI=1S/C16H21N3O/c1-2-15(17-8-10-19-9-3-7-18-19)13-4-5-16-14(12-13)6-11-20-16/h3-5,7,9,12,15,17H,2,6,8,10-11H2,1H3. The van der Waals surface area contributed by atoms with E-state index in [9.17, 15) is 0 Å². The number of ether oxygens (including phenoxy) is 1. The summed E-state index contributed by atoms with van der Waals surface area (Å²) in [6.07, 6.45) is 5.93. The van der Waals surface area contributed by atoms with Gasteiger partial charge in [0, 0.05) is 31.4 Å². The lowest BCUT2D eigenvalue weighted by Gasteiger charge is -2.18. The molecular weight excluding hydrogens is 250 g/mol. The monoisotopic (exact) mass is 271 g/mol. The van der Waals surface area contributed by atoms with Crippen LogP contribution in [0.2, 0.25) is 0 Å². The van der Waals surface area contributed by atoms with Crippen LogP contribution in [-0.4, -0.2) is 22.9 Å². The highest BCUT2D eigenvalue weighted by molar-refractivity contribution is 5.40. The van der Waals surface area contributed by atoms with Gasteiger partial charge in [-0.05, 0) is 29.7 Å². The molecule has 1 atom stereocenters. The Morgan fingerprint density at radius 1 is 1.45 bits per heavy atom. The zero-order valence-corrected chi connectivity index (χ0v) is 11.9. The van der Waals surface area contributed by atoms with Gasteiger partial charge in [-0.15, -0.1) is 0 Å². The second-order valence-electron chi connectivity index (χ2n) is 5.15. The fraction of sp³-hybridized carbons (Fsp3) is 0.438. The zero-order valence-electron chi connectivity index (χ0n) is 11.9. The van der Waals surface area contributed by atoms with Crippen molar-refractivity contribution in [3.63, 3.8) is 0 Å². The quantitative estimate of drug-likeness (QED) is 0.877. The molecule has 1 N–H and O–H groups in total. The summed E-state index contributed by atoms with van der Waals surface area (Å²) in [7, 11) is 0. The second-order valence-corrected chi connectivity index (χ2v) is 5.15. The van der Waals surface area contributed by atoms with Crippen LogP contribution >= 0.6 is 0 Å². The summed E-state index contributed by atoms with van der Waals surface area (Å²) in [5.74, 6) is 1.06. The molecule has 0 bridgehead atoms. The lowest BCUT2D eigenvalue weighted by atomic mass is 10.0. The highest BCUT2D eigenvalue weighted by atomic mass is 16.5. The third kappa shape index (κ3) is 2.85. The summed E-state index contributed by atoms with van der Waals surface area (Å²) in [6, 6.07) is 8.93. The maximum atomic E-state index is 5.56. The molecule has 1 aliphatic rings. The van der Waals surface area contributed by atoms with E-state index in [0.717, 1.165) is 38.3 Å². The molecule has 106 valence electrons. The zero-order chi connectivity index (χ0) is 13.8. The van der Waals surface area contributed by atoms with Gasteiger partial charge < -0.3 is 10.1 Å². The molecule has 1 aromatic carbocycles. The largest absolute Gasteiger partial charge is 0.493 e. The van der Waals surface area contributed by atoms with Gasteiger partial charge in [-0.25, -0.2) is 0 Å². The lowest BCUT2D eigenvalue weighted by molar-refractivity contribution is 0.356. The predicted molar refractivity (Wildman–Crippen MR) is 78.9 cm³/mol. The Morgan fingerprint density at radius 3 is 3.20 bits per heavy atom. The van der Waals surface area contributed by atoms with Crippen LogP contribution < -0.4 is 10.1 Å². The van der Waals surface area contributed by atoms with Gasteiger partial charge in [0.2, 0.25) is 0 Å². The van der Waals surface area contributed by atoms with Crippen molar-refractivity contribution in [1.29, 1.82) is 0 Å². The number of rotatable bonds is 6. The SMILES string of the molecule is CCC(NCCn1cccn1)c1ccc2c(c1)CCO2. The Bertz CT molecular complexity index is 551. The molecule has 0 saturated carbocycles. The van der Waals surface area contributed by atoms with Gasteiger partial charge in [-0.3, -0.25) is 4.68 Å². The van der Waals surface area contributed by atoms with E-state index in [1.54, 1.807) is 0 Å². The fourth-order valence-electron chi connectivity index (χ4n) is 2.71. The van der Waals surface area contributed by atoms with E-state index in [1.165, 1.54) is 11.1 Å². The smallest absolute Gasteiger partial charge is 0.122 e. The van der Waals surface area contributed by atoms with E-state index in [1.807, 2.05) is 23.1 Å². The minimum atomic E-state index is 0.400. The van der Waals surface area contributed by atoms with Crippen LogP contribution in [0.15, 0.2) is 36.7 Å². The molecule has 0 saturated heterocycles. The van der Waals surface area contributed by atoms with Crippen molar-refractivity contribution in [2.45, 2.75) is 32.4 Å². The van der Waals surface area contributed by atoms with Crippen molar-refractivity contribution in [3.8, 4) is 5.75 Å². The molecule has 2 heterocycles. The number of nitrogens with one attached hydrogen (secondary N) is 1. The minimum Gasteiger partial charge on any atom is -0.493 e. The number of fused-ring (bicyclic) bond motifs is 1.